The molecular formula is C15H27IN4OS. The Morgan fingerprint density at radius 2 is 2.18 bits per heavy atom. The van der Waals surface area contributed by atoms with Gasteiger partial charge in [0.05, 0.1) is 19.8 Å². The Hall–Kier alpha value is -0.380. The first-order chi connectivity index (χ1) is 10.4. The zero-order valence-corrected chi connectivity index (χ0v) is 16.4. The van der Waals surface area contributed by atoms with Crippen molar-refractivity contribution in [3.8, 4) is 0 Å². The lowest BCUT2D eigenvalue weighted by Gasteiger charge is -2.26. The summed E-state index contributed by atoms with van der Waals surface area (Å²) in [6.07, 6.45) is 1.13. The van der Waals surface area contributed by atoms with Crippen LogP contribution in [0, 0.1) is 0 Å². The van der Waals surface area contributed by atoms with E-state index in [2.05, 4.69) is 45.0 Å². The number of halogens is 1. The van der Waals surface area contributed by atoms with Gasteiger partial charge >= 0.3 is 0 Å². The molecule has 5 nitrogen and oxygen atoms in total. The molecule has 1 aromatic heterocycles. The minimum absolute atomic E-state index is 0. The van der Waals surface area contributed by atoms with Crippen molar-refractivity contribution in [1.29, 1.82) is 0 Å². The van der Waals surface area contributed by atoms with Crippen LogP contribution in [-0.4, -0.2) is 56.8 Å². The second-order valence-corrected chi connectivity index (χ2v) is 6.04. The van der Waals surface area contributed by atoms with Crippen LogP contribution in [0.25, 0.3) is 0 Å². The molecule has 7 heteroatoms. The Labute approximate surface area is 154 Å². The summed E-state index contributed by atoms with van der Waals surface area (Å²) in [6.45, 7) is 9.68. The van der Waals surface area contributed by atoms with Gasteiger partial charge in [-0.1, -0.05) is 6.07 Å². The lowest BCUT2D eigenvalue weighted by molar-refractivity contribution is 0.0376. The average Bonchev–Trinajstić information content (AvgIpc) is 3.03. The van der Waals surface area contributed by atoms with E-state index >= 15 is 0 Å². The first-order valence-corrected chi connectivity index (χ1v) is 8.61. The quantitative estimate of drug-likeness (QED) is 0.297. The van der Waals surface area contributed by atoms with E-state index in [4.69, 9.17) is 4.74 Å². The molecule has 0 aliphatic carbocycles. The Balaban J connectivity index is 0.00000242. The summed E-state index contributed by atoms with van der Waals surface area (Å²) in [5, 5.41) is 8.79. The molecule has 2 heterocycles. The van der Waals surface area contributed by atoms with Crippen LogP contribution in [0.2, 0.25) is 0 Å². The maximum atomic E-state index is 5.36. The molecule has 1 aromatic rings. The van der Waals surface area contributed by atoms with Gasteiger partial charge in [0.2, 0.25) is 0 Å². The van der Waals surface area contributed by atoms with Gasteiger partial charge in [0.15, 0.2) is 5.96 Å². The number of nitrogens with one attached hydrogen (secondary N) is 2. The van der Waals surface area contributed by atoms with Crippen LogP contribution in [0.3, 0.4) is 0 Å². The molecule has 2 N–H and O–H groups in total. The Morgan fingerprint density at radius 1 is 1.36 bits per heavy atom. The third-order valence-electron chi connectivity index (χ3n) is 3.36. The number of nitrogens with zero attached hydrogens (tertiary/aromatic N) is 2. The van der Waals surface area contributed by atoms with Crippen molar-refractivity contribution in [2.24, 2.45) is 4.99 Å². The molecule has 1 aliphatic heterocycles. The summed E-state index contributed by atoms with van der Waals surface area (Å²) in [5.41, 5.74) is 0. The van der Waals surface area contributed by atoms with Crippen molar-refractivity contribution in [1.82, 2.24) is 15.5 Å². The predicted molar refractivity (Wildman–Crippen MR) is 104 cm³/mol. The molecule has 2 rings (SSSR count). The molecule has 126 valence electrons. The van der Waals surface area contributed by atoms with E-state index in [1.165, 1.54) is 4.88 Å². The highest BCUT2D eigenvalue weighted by molar-refractivity contribution is 14.0. The number of guanidine groups is 1. The van der Waals surface area contributed by atoms with E-state index in [1.54, 1.807) is 11.3 Å². The fraction of sp³-hybridized carbons (Fsp3) is 0.667. The van der Waals surface area contributed by atoms with E-state index < -0.39 is 0 Å². The minimum Gasteiger partial charge on any atom is -0.379 e. The second kappa shape index (κ2) is 12.1. The summed E-state index contributed by atoms with van der Waals surface area (Å²) < 4.78 is 5.36. The van der Waals surface area contributed by atoms with Gasteiger partial charge in [-0.2, -0.15) is 0 Å². The van der Waals surface area contributed by atoms with Gasteiger partial charge < -0.3 is 15.4 Å². The lowest BCUT2D eigenvalue weighted by atomic mass is 10.3. The predicted octanol–water partition coefficient (Wildman–Crippen LogP) is 2.14. The molecule has 0 saturated carbocycles. The van der Waals surface area contributed by atoms with E-state index in [-0.39, 0.29) is 24.0 Å². The van der Waals surface area contributed by atoms with E-state index in [1.807, 2.05) is 0 Å². The highest BCUT2D eigenvalue weighted by atomic mass is 127. The van der Waals surface area contributed by atoms with Gasteiger partial charge in [0, 0.05) is 31.1 Å². The number of ether oxygens (including phenoxy) is 1. The monoisotopic (exact) mass is 438 g/mol. The minimum atomic E-state index is 0. The van der Waals surface area contributed by atoms with Crippen LogP contribution < -0.4 is 10.6 Å². The second-order valence-electron chi connectivity index (χ2n) is 5.01. The van der Waals surface area contributed by atoms with Crippen molar-refractivity contribution in [3.63, 3.8) is 0 Å². The molecule has 22 heavy (non-hydrogen) atoms. The van der Waals surface area contributed by atoms with Crippen LogP contribution in [0.1, 0.15) is 18.2 Å². The number of hydrogen-bond acceptors (Lipinski definition) is 4. The summed E-state index contributed by atoms with van der Waals surface area (Å²) in [5.74, 6) is 0.910. The van der Waals surface area contributed by atoms with Gasteiger partial charge in [-0.05, 0) is 31.3 Å². The van der Waals surface area contributed by atoms with Crippen LogP contribution in [-0.2, 0) is 11.3 Å². The molecule has 1 aliphatic rings. The van der Waals surface area contributed by atoms with Crippen molar-refractivity contribution < 1.29 is 4.74 Å². The zero-order chi connectivity index (χ0) is 14.8. The number of rotatable bonds is 7. The number of aliphatic imine (C=N–C) groups is 1. The zero-order valence-electron chi connectivity index (χ0n) is 13.2. The average molecular weight is 438 g/mol. The van der Waals surface area contributed by atoms with Crippen molar-refractivity contribution in [2.75, 3.05) is 45.9 Å². The molecule has 0 radical (unpaired) electrons. The molecule has 0 atom stereocenters. The maximum Gasteiger partial charge on any atom is 0.191 e. The number of hydrogen-bond donors (Lipinski definition) is 2. The molecule has 1 fully saturated rings. The normalized spacial score (nSPS) is 16.1. The van der Waals surface area contributed by atoms with Crippen LogP contribution in [0.4, 0.5) is 0 Å². The summed E-state index contributed by atoms with van der Waals surface area (Å²) in [6, 6.07) is 4.19. The summed E-state index contributed by atoms with van der Waals surface area (Å²) >= 11 is 1.75. The van der Waals surface area contributed by atoms with Gasteiger partial charge in [0.1, 0.15) is 0 Å². The smallest absolute Gasteiger partial charge is 0.191 e. The first-order valence-electron chi connectivity index (χ1n) is 7.73. The van der Waals surface area contributed by atoms with Crippen molar-refractivity contribution in [3.05, 3.63) is 22.4 Å². The third kappa shape index (κ3) is 7.75. The van der Waals surface area contributed by atoms with Crippen molar-refractivity contribution in [2.45, 2.75) is 19.9 Å². The molecular weight excluding hydrogens is 411 g/mol. The molecule has 0 bridgehead atoms. The van der Waals surface area contributed by atoms with Gasteiger partial charge in [-0.3, -0.25) is 4.90 Å². The number of morpholine rings is 1. The number of thiophene rings is 1. The molecule has 0 unspecified atom stereocenters. The highest BCUT2D eigenvalue weighted by Gasteiger charge is 2.09. The topological polar surface area (TPSA) is 48.9 Å². The standard InChI is InChI=1S/C15H26N4OS.HI/c1-2-16-15(18-13-14-5-3-12-21-14)17-6-4-7-19-8-10-20-11-9-19;/h3,5,12H,2,4,6-11,13H2,1H3,(H2,16,17,18);1H. The fourth-order valence-electron chi connectivity index (χ4n) is 2.24. The third-order valence-corrected chi connectivity index (χ3v) is 4.23. The van der Waals surface area contributed by atoms with Crippen LogP contribution in [0.15, 0.2) is 22.5 Å². The Morgan fingerprint density at radius 3 is 2.86 bits per heavy atom. The Bertz CT molecular complexity index is 408. The summed E-state index contributed by atoms with van der Waals surface area (Å²) in [7, 11) is 0. The first kappa shape index (κ1) is 19.7. The fourth-order valence-corrected chi connectivity index (χ4v) is 2.86. The SMILES string of the molecule is CCNC(=NCc1cccs1)NCCCN1CCOCC1.I. The molecule has 0 spiro atoms. The van der Waals surface area contributed by atoms with Crippen LogP contribution in [0.5, 0.6) is 0 Å². The van der Waals surface area contributed by atoms with Crippen molar-refractivity contribution >= 4 is 41.3 Å². The van der Waals surface area contributed by atoms with Gasteiger partial charge in [0.25, 0.3) is 0 Å². The van der Waals surface area contributed by atoms with E-state index in [0.29, 0.717) is 0 Å². The molecule has 0 aromatic carbocycles. The van der Waals surface area contributed by atoms with Crippen LogP contribution >= 0.6 is 35.3 Å². The van der Waals surface area contributed by atoms with Gasteiger partial charge in [-0.15, -0.1) is 35.3 Å². The van der Waals surface area contributed by atoms with Gasteiger partial charge in [-0.25, -0.2) is 4.99 Å². The maximum absolute atomic E-state index is 5.36. The van der Waals surface area contributed by atoms with E-state index in [0.717, 1.165) is 64.9 Å². The Kier molecular flexibility index (Phi) is 10.8. The largest absolute Gasteiger partial charge is 0.379 e. The lowest BCUT2D eigenvalue weighted by Crippen LogP contribution is -2.40. The highest BCUT2D eigenvalue weighted by Crippen LogP contribution is 2.09. The summed E-state index contributed by atoms with van der Waals surface area (Å²) in [4.78, 5) is 8.36. The van der Waals surface area contributed by atoms with E-state index in [9.17, 15) is 0 Å². The molecule has 0 amide bonds. The molecule has 1 saturated heterocycles.